The molecule has 0 amide bonds. The van der Waals surface area contributed by atoms with Crippen molar-refractivity contribution in [2.75, 3.05) is 6.61 Å². The van der Waals surface area contributed by atoms with Crippen LogP contribution in [-0.4, -0.2) is 23.3 Å². The van der Waals surface area contributed by atoms with E-state index in [1.807, 2.05) is 0 Å². The quantitative estimate of drug-likeness (QED) is 0.357. The number of halogens is 4. The number of nitro benzene ring substituents is 1. The van der Waals surface area contributed by atoms with Gasteiger partial charge in [-0.2, -0.15) is 13.2 Å². The van der Waals surface area contributed by atoms with Crippen molar-refractivity contribution in [3.05, 3.63) is 62.7 Å². The van der Waals surface area contributed by atoms with Crippen LogP contribution in [0.1, 0.15) is 18.1 Å². The van der Waals surface area contributed by atoms with E-state index >= 15 is 0 Å². The first-order valence-corrected chi connectivity index (χ1v) is 8.32. The average Bonchev–Trinajstić information content (AvgIpc) is 2.60. The molecule has 7 nitrogen and oxygen atoms in total. The molecule has 0 heterocycles. The van der Waals surface area contributed by atoms with Gasteiger partial charge in [-0.1, -0.05) is 11.6 Å². The van der Waals surface area contributed by atoms with Crippen molar-refractivity contribution in [2.24, 2.45) is 0 Å². The standard InChI is InChI=1S/C18H13ClF3NO6/c1-10(24)9-28-17(25)7-11-6-13(3-4-15(11)23(26)27)29-16-5-2-12(8-14(16)19)18(20,21)22/h2-6,8H,7,9H2,1H3. The zero-order valence-electron chi connectivity index (χ0n) is 14.8. The smallest absolute Gasteiger partial charge is 0.416 e. The summed E-state index contributed by atoms with van der Waals surface area (Å²) < 4.78 is 48.2. The molecule has 2 rings (SSSR count). The van der Waals surface area contributed by atoms with Crippen LogP contribution in [0.5, 0.6) is 11.5 Å². The lowest BCUT2D eigenvalue weighted by Gasteiger charge is -2.12. The van der Waals surface area contributed by atoms with Crippen molar-refractivity contribution in [1.82, 2.24) is 0 Å². The fourth-order valence-electron chi connectivity index (χ4n) is 2.22. The Hall–Kier alpha value is -3.14. The number of esters is 1. The largest absolute Gasteiger partial charge is 0.457 e. The van der Waals surface area contributed by atoms with Gasteiger partial charge >= 0.3 is 12.1 Å². The van der Waals surface area contributed by atoms with E-state index in [9.17, 15) is 32.9 Å². The summed E-state index contributed by atoms with van der Waals surface area (Å²) in [5.74, 6) is -1.37. The van der Waals surface area contributed by atoms with Crippen LogP contribution in [0.3, 0.4) is 0 Å². The minimum Gasteiger partial charge on any atom is -0.457 e. The molecule has 2 aromatic carbocycles. The van der Waals surface area contributed by atoms with Crippen LogP contribution in [0, 0.1) is 10.1 Å². The van der Waals surface area contributed by atoms with E-state index in [2.05, 4.69) is 4.74 Å². The summed E-state index contributed by atoms with van der Waals surface area (Å²) in [5, 5.41) is 10.8. The van der Waals surface area contributed by atoms with Crippen molar-refractivity contribution in [3.8, 4) is 11.5 Å². The number of hydrogen-bond donors (Lipinski definition) is 0. The summed E-state index contributed by atoms with van der Waals surface area (Å²) >= 11 is 5.82. The fraction of sp³-hybridized carbons (Fsp3) is 0.222. The van der Waals surface area contributed by atoms with E-state index in [4.69, 9.17) is 16.3 Å². The number of nitrogens with zero attached hydrogens (tertiary/aromatic N) is 1. The first-order chi connectivity index (χ1) is 13.5. The maximum atomic E-state index is 12.7. The summed E-state index contributed by atoms with van der Waals surface area (Å²) in [6, 6.07) is 5.90. The van der Waals surface area contributed by atoms with Crippen LogP contribution in [0.15, 0.2) is 36.4 Å². The first-order valence-electron chi connectivity index (χ1n) is 7.94. The number of benzene rings is 2. The lowest BCUT2D eigenvalue weighted by Crippen LogP contribution is -2.14. The number of hydrogen-bond acceptors (Lipinski definition) is 6. The van der Waals surface area contributed by atoms with Gasteiger partial charge in [0, 0.05) is 11.6 Å². The summed E-state index contributed by atoms with van der Waals surface area (Å²) in [6.07, 6.45) is -5.09. The molecule has 154 valence electrons. The Bertz CT molecular complexity index is 961. The van der Waals surface area contributed by atoms with E-state index in [-0.39, 0.29) is 22.1 Å². The Balaban J connectivity index is 2.27. The number of ketones is 1. The molecule has 0 aliphatic carbocycles. The molecule has 0 N–H and O–H groups in total. The molecule has 29 heavy (non-hydrogen) atoms. The molecule has 0 spiro atoms. The monoisotopic (exact) mass is 431 g/mol. The van der Waals surface area contributed by atoms with Crippen molar-refractivity contribution in [3.63, 3.8) is 0 Å². The van der Waals surface area contributed by atoms with Crippen molar-refractivity contribution in [1.29, 1.82) is 0 Å². The number of carbonyl (C=O) groups excluding carboxylic acids is 2. The van der Waals surface area contributed by atoms with Gasteiger partial charge in [-0.25, -0.2) is 0 Å². The predicted molar refractivity (Wildman–Crippen MR) is 95.0 cm³/mol. The number of alkyl halides is 3. The Labute approximate surface area is 167 Å². The molecular formula is C18H13ClF3NO6. The summed E-state index contributed by atoms with van der Waals surface area (Å²) in [5.41, 5.74) is -1.42. The lowest BCUT2D eigenvalue weighted by atomic mass is 10.1. The summed E-state index contributed by atoms with van der Waals surface area (Å²) in [6.45, 7) is 0.738. The third-order valence-corrected chi connectivity index (χ3v) is 3.80. The van der Waals surface area contributed by atoms with Gasteiger partial charge in [0.25, 0.3) is 5.69 Å². The van der Waals surface area contributed by atoms with Gasteiger partial charge in [0.1, 0.15) is 18.1 Å². The topological polar surface area (TPSA) is 95.7 Å². The second-order valence-corrected chi connectivity index (χ2v) is 6.24. The van der Waals surface area contributed by atoms with Crippen molar-refractivity contribution >= 4 is 29.0 Å². The van der Waals surface area contributed by atoms with E-state index < -0.39 is 47.1 Å². The van der Waals surface area contributed by atoms with E-state index in [0.717, 1.165) is 18.2 Å². The maximum Gasteiger partial charge on any atom is 0.416 e. The molecule has 0 aliphatic heterocycles. The Morgan fingerprint density at radius 3 is 2.41 bits per heavy atom. The van der Waals surface area contributed by atoms with E-state index in [0.29, 0.717) is 6.07 Å². The van der Waals surface area contributed by atoms with Gasteiger partial charge in [-0.15, -0.1) is 0 Å². The Morgan fingerprint density at radius 2 is 1.86 bits per heavy atom. The second kappa shape index (κ2) is 8.91. The number of carbonyl (C=O) groups is 2. The van der Waals surface area contributed by atoms with Crippen LogP contribution in [0.25, 0.3) is 0 Å². The Morgan fingerprint density at radius 1 is 1.17 bits per heavy atom. The highest BCUT2D eigenvalue weighted by atomic mass is 35.5. The SMILES string of the molecule is CC(=O)COC(=O)Cc1cc(Oc2ccc(C(F)(F)F)cc2Cl)ccc1[N+](=O)[O-]. The minimum atomic E-state index is -4.58. The van der Waals surface area contributed by atoms with E-state index in [1.165, 1.54) is 19.1 Å². The molecule has 2 aromatic rings. The summed E-state index contributed by atoms with van der Waals surface area (Å²) in [4.78, 5) is 33.1. The van der Waals surface area contributed by atoms with Crippen molar-refractivity contribution in [2.45, 2.75) is 19.5 Å². The molecule has 0 aromatic heterocycles. The summed E-state index contributed by atoms with van der Waals surface area (Å²) in [7, 11) is 0. The lowest BCUT2D eigenvalue weighted by molar-refractivity contribution is -0.385. The maximum absolute atomic E-state index is 12.7. The van der Waals surface area contributed by atoms with Gasteiger partial charge in [-0.3, -0.25) is 19.7 Å². The fourth-order valence-corrected chi connectivity index (χ4v) is 2.44. The third kappa shape index (κ3) is 6.18. The highest BCUT2D eigenvalue weighted by molar-refractivity contribution is 6.32. The van der Waals surface area contributed by atoms with Crippen LogP contribution >= 0.6 is 11.6 Å². The third-order valence-electron chi connectivity index (χ3n) is 3.51. The molecule has 0 saturated heterocycles. The molecule has 0 aliphatic rings. The van der Waals surface area contributed by atoms with Gasteiger partial charge < -0.3 is 9.47 Å². The molecule has 0 saturated carbocycles. The predicted octanol–water partition coefficient (Wildman–Crippen LogP) is 4.73. The Kier molecular flexibility index (Phi) is 6.80. The van der Waals surface area contributed by atoms with Crippen LogP contribution in [0.4, 0.5) is 18.9 Å². The molecular weight excluding hydrogens is 419 g/mol. The van der Waals surface area contributed by atoms with Crippen molar-refractivity contribution < 1.29 is 37.2 Å². The first kappa shape index (κ1) is 22.2. The number of ether oxygens (including phenoxy) is 2. The van der Waals surface area contributed by atoms with E-state index in [1.54, 1.807) is 0 Å². The zero-order chi connectivity index (χ0) is 21.8. The molecule has 11 heteroatoms. The van der Waals surface area contributed by atoms with Gasteiger partial charge in [0.05, 0.1) is 21.9 Å². The zero-order valence-corrected chi connectivity index (χ0v) is 15.5. The molecule has 0 atom stereocenters. The van der Waals surface area contributed by atoms with Gasteiger partial charge in [0.15, 0.2) is 5.78 Å². The molecule has 0 bridgehead atoms. The van der Waals surface area contributed by atoms with Gasteiger partial charge in [0.2, 0.25) is 0 Å². The molecule has 0 fully saturated rings. The number of nitro groups is 1. The van der Waals surface area contributed by atoms with Crippen LogP contribution < -0.4 is 4.74 Å². The average molecular weight is 432 g/mol. The highest BCUT2D eigenvalue weighted by Crippen LogP contribution is 2.37. The minimum absolute atomic E-state index is 0.00614. The van der Waals surface area contributed by atoms with Crippen LogP contribution in [0.2, 0.25) is 5.02 Å². The highest BCUT2D eigenvalue weighted by Gasteiger charge is 2.31. The second-order valence-electron chi connectivity index (χ2n) is 5.83. The molecule has 0 radical (unpaired) electrons. The molecule has 0 unspecified atom stereocenters. The van der Waals surface area contributed by atoms with Crippen LogP contribution in [-0.2, 0) is 26.9 Å². The van der Waals surface area contributed by atoms with Gasteiger partial charge in [-0.05, 0) is 37.3 Å². The number of Topliss-reactive ketones (excluding diaryl/α,β-unsaturated/α-hetero) is 1. The number of rotatable bonds is 7. The normalized spacial score (nSPS) is 11.1.